The Morgan fingerprint density at radius 1 is 0.968 bits per heavy atom. The van der Waals surface area contributed by atoms with Gasteiger partial charge in [0.1, 0.15) is 21.6 Å². The van der Waals surface area contributed by atoms with Crippen molar-refractivity contribution in [2.45, 2.75) is 13.0 Å². The molecule has 4 rings (SSSR count). The van der Waals surface area contributed by atoms with Crippen LogP contribution in [0, 0.1) is 0 Å². The zero-order valence-electron chi connectivity index (χ0n) is 16.7. The van der Waals surface area contributed by atoms with Crippen molar-refractivity contribution in [3.8, 4) is 11.5 Å². The first-order chi connectivity index (χ1) is 15.2. The van der Waals surface area contributed by atoms with Crippen LogP contribution in [0.15, 0.2) is 82.3 Å². The molecule has 3 aromatic rings. The SMILES string of the molecule is O=C1/C(=C/c2cccc(OCCCOc3ccccc3)c2)SC(=S)N1Cc1ccco1. The maximum atomic E-state index is 12.8. The Bertz CT molecular complexity index is 1060. The van der Waals surface area contributed by atoms with Crippen molar-refractivity contribution in [1.29, 1.82) is 0 Å². The molecule has 2 aromatic carbocycles. The largest absolute Gasteiger partial charge is 0.493 e. The average molecular weight is 452 g/mol. The van der Waals surface area contributed by atoms with Crippen LogP contribution >= 0.6 is 24.0 Å². The molecular weight excluding hydrogens is 430 g/mol. The minimum absolute atomic E-state index is 0.115. The van der Waals surface area contributed by atoms with E-state index < -0.39 is 0 Å². The normalized spacial score (nSPS) is 15.0. The summed E-state index contributed by atoms with van der Waals surface area (Å²) in [5.74, 6) is 2.19. The molecule has 1 amide bonds. The molecule has 0 unspecified atom stereocenters. The Kier molecular flexibility index (Phi) is 7.07. The number of carbonyl (C=O) groups is 1. The van der Waals surface area contributed by atoms with Gasteiger partial charge in [0.2, 0.25) is 0 Å². The Labute approximate surface area is 190 Å². The van der Waals surface area contributed by atoms with Crippen LogP contribution in [-0.4, -0.2) is 28.3 Å². The van der Waals surface area contributed by atoms with Crippen LogP contribution in [0.25, 0.3) is 6.08 Å². The van der Waals surface area contributed by atoms with Crippen LogP contribution in [0.2, 0.25) is 0 Å². The molecule has 2 heterocycles. The molecule has 0 N–H and O–H groups in total. The van der Waals surface area contributed by atoms with E-state index in [4.69, 9.17) is 26.1 Å². The van der Waals surface area contributed by atoms with Crippen LogP contribution in [0.4, 0.5) is 0 Å². The number of rotatable bonds is 9. The predicted octanol–water partition coefficient (Wildman–Crippen LogP) is 5.53. The quantitative estimate of drug-likeness (QED) is 0.242. The van der Waals surface area contributed by atoms with Crippen LogP contribution in [-0.2, 0) is 11.3 Å². The van der Waals surface area contributed by atoms with Gasteiger partial charge in [0.25, 0.3) is 5.91 Å². The number of hydrogen-bond donors (Lipinski definition) is 0. The second kappa shape index (κ2) is 10.3. The van der Waals surface area contributed by atoms with E-state index in [1.807, 2.05) is 66.7 Å². The number of thioether (sulfide) groups is 1. The molecule has 31 heavy (non-hydrogen) atoms. The lowest BCUT2D eigenvalue weighted by Gasteiger charge is -2.12. The fraction of sp³-hybridized carbons (Fsp3) is 0.167. The third-order valence-corrected chi connectivity index (χ3v) is 5.87. The molecule has 0 atom stereocenters. The molecule has 1 aromatic heterocycles. The molecule has 0 bridgehead atoms. The standard InChI is InChI=1S/C24H21NO4S2/c26-23-22(31-24(30)25(23)17-21-11-5-12-29-21)16-18-7-4-10-20(15-18)28-14-6-13-27-19-8-2-1-3-9-19/h1-5,7-12,15-16H,6,13-14,17H2/b22-16-. The van der Waals surface area contributed by atoms with Gasteiger partial charge in [-0.15, -0.1) is 0 Å². The highest BCUT2D eigenvalue weighted by Gasteiger charge is 2.32. The van der Waals surface area contributed by atoms with Gasteiger partial charge in [-0.1, -0.05) is 54.3 Å². The third-order valence-electron chi connectivity index (χ3n) is 4.49. The first kappa shape index (κ1) is 21.2. The molecule has 0 radical (unpaired) electrons. The monoisotopic (exact) mass is 451 g/mol. The summed E-state index contributed by atoms with van der Waals surface area (Å²) in [6.07, 6.45) is 4.19. The van der Waals surface area contributed by atoms with Gasteiger partial charge in [-0.25, -0.2) is 0 Å². The second-order valence-electron chi connectivity index (χ2n) is 6.78. The molecular formula is C24H21NO4S2. The zero-order chi connectivity index (χ0) is 21.5. The number of furan rings is 1. The lowest BCUT2D eigenvalue weighted by atomic mass is 10.2. The molecule has 7 heteroatoms. The van der Waals surface area contributed by atoms with E-state index in [1.165, 1.54) is 11.8 Å². The van der Waals surface area contributed by atoms with Gasteiger partial charge < -0.3 is 13.9 Å². The van der Waals surface area contributed by atoms with Gasteiger partial charge in [-0.2, -0.15) is 0 Å². The number of carbonyl (C=O) groups excluding carboxylic acids is 1. The van der Waals surface area contributed by atoms with E-state index in [0.29, 0.717) is 34.7 Å². The van der Waals surface area contributed by atoms with Crippen molar-refractivity contribution < 1.29 is 18.7 Å². The molecule has 0 saturated carbocycles. The fourth-order valence-electron chi connectivity index (χ4n) is 3.00. The van der Waals surface area contributed by atoms with Gasteiger partial charge in [0.15, 0.2) is 0 Å². The Morgan fingerprint density at radius 2 is 1.74 bits per heavy atom. The summed E-state index contributed by atoms with van der Waals surface area (Å²) < 4.78 is 17.4. The molecule has 1 saturated heterocycles. The highest BCUT2D eigenvalue weighted by molar-refractivity contribution is 8.26. The van der Waals surface area contributed by atoms with Crippen molar-refractivity contribution in [2.75, 3.05) is 13.2 Å². The first-order valence-electron chi connectivity index (χ1n) is 9.87. The van der Waals surface area contributed by atoms with Gasteiger partial charge in [-0.05, 0) is 48.0 Å². The summed E-state index contributed by atoms with van der Waals surface area (Å²) in [6, 6.07) is 21.0. The van der Waals surface area contributed by atoms with Crippen molar-refractivity contribution in [1.82, 2.24) is 4.90 Å². The fourth-order valence-corrected chi connectivity index (χ4v) is 4.25. The van der Waals surface area contributed by atoms with Crippen molar-refractivity contribution in [2.24, 2.45) is 0 Å². The molecule has 1 aliphatic rings. The van der Waals surface area contributed by atoms with E-state index in [-0.39, 0.29) is 5.91 Å². The molecule has 1 aliphatic heterocycles. The first-order valence-corrected chi connectivity index (χ1v) is 11.1. The summed E-state index contributed by atoms with van der Waals surface area (Å²) in [5, 5.41) is 0. The molecule has 0 spiro atoms. The van der Waals surface area contributed by atoms with Gasteiger partial charge in [0, 0.05) is 6.42 Å². The molecule has 0 aliphatic carbocycles. The lowest BCUT2D eigenvalue weighted by Crippen LogP contribution is -2.27. The van der Waals surface area contributed by atoms with Gasteiger partial charge in [-0.3, -0.25) is 9.69 Å². The third kappa shape index (κ3) is 5.77. The van der Waals surface area contributed by atoms with E-state index in [2.05, 4.69) is 0 Å². The van der Waals surface area contributed by atoms with Crippen LogP contribution in [0.1, 0.15) is 17.7 Å². The van der Waals surface area contributed by atoms with Crippen molar-refractivity contribution >= 4 is 40.3 Å². The van der Waals surface area contributed by atoms with Gasteiger partial charge >= 0.3 is 0 Å². The van der Waals surface area contributed by atoms with E-state index in [0.717, 1.165) is 23.5 Å². The number of hydrogen-bond acceptors (Lipinski definition) is 6. The Hall–Kier alpha value is -3.03. The maximum absolute atomic E-state index is 12.8. The summed E-state index contributed by atoms with van der Waals surface area (Å²) in [5.41, 5.74) is 0.886. The minimum atomic E-state index is -0.115. The Morgan fingerprint density at radius 3 is 2.52 bits per heavy atom. The van der Waals surface area contributed by atoms with Crippen molar-refractivity contribution in [3.63, 3.8) is 0 Å². The number of thiocarbonyl (C=S) groups is 1. The summed E-state index contributed by atoms with van der Waals surface area (Å²) in [4.78, 5) is 14.9. The Balaban J connectivity index is 1.31. The van der Waals surface area contributed by atoms with E-state index in [1.54, 1.807) is 17.2 Å². The van der Waals surface area contributed by atoms with Crippen LogP contribution < -0.4 is 9.47 Å². The van der Waals surface area contributed by atoms with Gasteiger partial charge in [0.05, 0.1) is 30.9 Å². The second-order valence-corrected chi connectivity index (χ2v) is 8.46. The highest BCUT2D eigenvalue weighted by atomic mass is 32.2. The summed E-state index contributed by atoms with van der Waals surface area (Å²) in [7, 11) is 0. The molecule has 158 valence electrons. The highest BCUT2D eigenvalue weighted by Crippen LogP contribution is 2.34. The van der Waals surface area contributed by atoms with Crippen LogP contribution in [0.5, 0.6) is 11.5 Å². The maximum Gasteiger partial charge on any atom is 0.266 e. The topological polar surface area (TPSA) is 51.9 Å². The van der Waals surface area contributed by atoms with E-state index >= 15 is 0 Å². The van der Waals surface area contributed by atoms with Crippen molar-refractivity contribution in [3.05, 3.63) is 89.2 Å². The average Bonchev–Trinajstić information content (AvgIpc) is 3.39. The minimum Gasteiger partial charge on any atom is -0.493 e. The smallest absolute Gasteiger partial charge is 0.266 e. The number of para-hydroxylation sites is 1. The predicted molar refractivity (Wildman–Crippen MR) is 126 cm³/mol. The zero-order valence-corrected chi connectivity index (χ0v) is 18.4. The number of amides is 1. The van der Waals surface area contributed by atoms with Crippen LogP contribution in [0.3, 0.4) is 0 Å². The number of nitrogens with zero attached hydrogens (tertiary/aromatic N) is 1. The van der Waals surface area contributed by atoms with E-state index in [9.17, 15) is 4.79 Å². The summed E-state index contributed by atoms with van der Waals surface area (Å²) >= 11 is 6.67. The molecule has 5 nitrogen and oxygen atoms in total. The number of benzene rings is 2. The lowest BCUT2D eigenvalue weighted by molar-refractivity contribution is -0.122. The number of ether oxygens (including phenoxy) is 2. The summed E-state index contributed by atoms with van der Waals surface area (Å²) in [6.45, 7) is 1.46. The molecule has 1 fully saturated rings.